The van der Waals surface area contributed by atoms with Crippen LogP contribution in [0.15, 0.2) is 24.7 Å². The van der Waals surface area contributed by atoms with Crippen LogP contribution in [-0.2, 0) is 6.54 Å². The minimum Gasteiger partial charge on any atom is -0.335 e. The molecule has 0 spiro atoms. The Hall–Kier alpha value is -2.21. The first kappa shape index (κ1) is 13.2. The van der Waals surface area contributed by atoms with E-state index >= 15 is 0 Å². The van der Waals surface area contributed by atoms with Crippen LogP contribution >= 0.6 is 0 Å². The van der Waals surface area contributed by atoms with Gasteiger partial charge in [-0.1, -0.05) is 0 Å². The number of carbonyl (C=O) groups excluding carboxylic acids is 1. The van der Waals surface area contributed by atoms with E-state index in [1.165, 1.54) is 0 Å². The SMILES string of the molecule is Cc1ccc(NC(=O)c2cn(CCN)cn2)c(C)n1. The van der Waals surface area contributed by atoms with Crippen molar-refractivity contribution in [2.45, 2.75) is 20.4 Å². The molecule has 1 amide bonds. The molecule has 0 saturated heterocycles. The van der Waals surface area contributed by atoms with Crippen LogP contribution in [0.25, 0.3) is 0 Å². The minimum absolute atomic E-state index is 0.246. The third-order valence-electron chi connectivity index (χ3n) is 2.73. The average molecular weight is 259 g/mol. The molecule has 0 atom stereocenters. The van der Waals surface area contributed by atoms with E-state index < -0.39 is 0 Å². The molecular weight excluding hydrogens is 242 g/mol. The number of amides is 1. The fourth-order valence-corrected chi connectivity index (χ4v) is 1.75. The number of aryl methyl sites for hydroxylation is 2. The summed E-state index contributed by atoms with van der Waals surface area (Å²) in [5.74, 6) is -0.246. The zero-order valence-corrected chi connectivity index (χ0v) is 11.1. The predicted octanol–water partition coefficient (Wildman–Crippen LogP) is 1.11. The van der Waals surface area contributed by atoms with E-state index in [1.54, 1.807) is 17.1 Å². The van der Waals surface area contributed by atoms with Gasteiger partial charge in [0.1, 0.15) is 5.69 Å². The first-order valence-electron chi connectivity index (χ1n) is 6.07. The van der Waals surface area contributed by atoms with Crippen molar-refractivity contribution in [2.24, 2.45) is 5.73 Å². The lowest BCUT2D eigenvalue weighted by molar-refractivity contribution is 0.102. The smallest absolute Gasteiger partial charge is 0.275 e. The van der Waals surface area contributed by atoms with E-state index in [9.17, 15) is 4.79 Å². The zero-order chi connectivity index (χ0) is 13.8. The molecule has 100 valence electrons. The number of pyridine rings is 1. The molecule has 0 saturated carbocycles. The van der Waals surface area contributed by atoms with Crippen LogP contribution in [0, 0.1) is 13.8 Å². The van der Waals surface area contributed by atoms with Crippen molar-refractivity contribution in [1.29, 1.82) is 0 Å². The number of imidazole rings is 1. The first-order valence-corrected chi connectivity index (χ1v) is 6.07. The molecule has 6 heteroatoms. The van der Waals surface area contributed by atoms with Crippen LogP contribution in [0.3, 0.4) is 0 Å². The Bertz CT molecular complexity index is 590. The maximum Gasteiger partial charge on any atom is 0.275 e. The summed E-state index contributed by atoms with van der Waals surface area (Å²) < 4.78 is 1.79. The van der Waals surface area contributed by atoms with Crippen molar-refractivity contribution >= 4 is 11.6 Å². The Morgan fingerprint density at radius 3 is 2.89 bits per heavy atom. The van der Waals surface area contributed by atoms with Gasteiger partial charge in [0, 0.05) is 25.0 Å². The van der Waals surface area contributed by atoms with Gasteiger partial charge in [-0.2, -0.15) is 0 Å². The highest BCUT2D eigenvalue weighted by molar-refractivity contribution is 6.03. The van der Waals surface area contributed by atoms with Gasteiger partial charge >= 0.3 is 0 Å². The highest BCUT2D eigenvalue weighted by Gasteiger charge is 2.11. The molecule has 0 aliphatic rings. The monoisotopic (exact) mass is 259 g/mol. The quantitative estimate of drug-likeness (QED) is 0.861. The second-order valence-corrected chi connectivity index (χ2v) is 4.33. The van der Waals surface area contributed by atoms with Gasteiger partial charge in [-0.15, -0.1) is 0 Å². The van der Waals surface area contributed by atoms with Crippen LogP contribution < -0.4 is 11.1 Å². The largest absolute Gasteiger partial charge is 0.335 e. The summed E-state index contributed by atoms with van der Waals surface area (Å²) in [4.78, 5) is 20.4. The first-order chi connectivity index (χ1) is 9.10. The van der Waals surface area contributed by atoms with Crippen molar-refractivity contribution in [3.05, 3.63) is 41.7 Å². The molecular formula is C13H17N5O. The number of rotatable bonds is 4. The molecule has 0 aliphatic carbocycles. The van der Waals surface area contributed by atoms with Crippen LogP contribution in [-0.4, -0.2) is 27.0 Å². The maximum atomic E-state index is 12.0. The molecule has 0 unspecified atom stereocenters. The average Bonchev–Trinajstić information content (AvgIpc) is 2.82. The van der Waals surface area contributed by atoms with Gasteiger partial charge in [-0.05, 0) is 26.0 Å². The summed E-state index contributed by atoms with van der Waals surface area (Å²) in [6.45, 7) is 4.92. The summed E-state index contributed by atoms with van der Waals surface area (Å²) in [6.07, 6.45) is 3.28. The normalized spacial score (nSPS) is 10.5. The van der Waals surface area contributed by atoms with E-state index in [-0.39, 0.29) is 5.91 Å². The molecule has 2 aromatic rings. The fourth-order valence-electron chi connectivity index (χ4n) is 1.75. The fraction of sp³-hybridized carbons (Fsp3) is 0.308. The molecule has 0 fully saturated rings. The number of hydrogen-bond donors (Lipinski definition) is 2. The Morgan fingerprint density at radius 1 is 1.42 bits per heavy atom. The number of nitrogens with one attached hydrogen (secondary N) is 1. The van der Waals surface area contributed by atoms with Gasteiger partial charge in [0.05, 0.1) is 17.7 Å². The van der Waals surface area contributed by atoms with E-state index in [0.29, 0.717) is 24.5 Å². The van der Waals surface area contributed by atoms with E-state index in [2.05, 4.69) is 15.3 Å². The molecule has 0 aromatic carbocycles. The molecule has 0 radical (unpaired) electrons. The predicted molar refractivity (Wildman–Crippen MR) is 72.9 cm³/mol. The van der Waals surface area contributed by atoms with Crippen molar-refractivity contribution in [1.82, 2.24) is 14.5 Å². The second-order valence-electron chi connectivity index (χ2n) is 4.33. The van der Waals surface area contributed by atoms with Gasteiger partial charge in [0.2, 0.25) is 0 Å². The van der Waals surface area contributed by atoms with Crippen LogP contribution in [0.4, 0.5) is 5.69 Å². The Balaban J connectivity index is 2.11. The molecule has 2 rings (SSSR count). The van der Waals surface area contributed by atoms with Crippen molar-refractivity contribution in [2.75, 3.05) is 11.9 Å². The lowest BCUT2D eigenvalue weighted by atomic mass is 10.2. The number of nitrogens with zero attached hydrogens (tertiary/aromatic N) is 3. The minimum atomic E-state index is -0.246. The van der Waals surface area contributed by atoms with E-state index in [1.807, 2.05) is 26.0 Å². The van der Waals surface area contributed by atoms with Crippen LogP contribution in [0.1, 0.15) is 21.9 Å². The number of anilines is 1. The Kier molecular flexibility index (Phi) is 3.91. The molecule has 6 nitrogen and oxygen atoms in total. The molecule has 2 aromatic heterocycles. The van der Waals surface area contributed by atoms with E-state index in [0.717, 1.165) is 11.4 Å². The third-order valence-corrected chi connectivity index (χ3v) is 2.73. The molecule has 0 aliphatic heterocycles. The van der Waals surface area contributed by atoms with Gasteiger partial charge in [0.15, 0.2) is 0 Å². The Morgan fingerprint density at radius 2 is 2.21 bits per heavy atom. The second kappa shape index (κ2) is 5.62. The van der Waals surface area contributed by atoms with Crippen LogP contribution in [0.5, 0.6) is 0 Å². The van der Waals surface area contributed by atoms with Gasteiger partial charge in [-0.25, -0.2) is 4.98 Å². The summed E-state index contributed by atoms with van der Waals surface area (Å²) >= 11 is 0. The topological polar surface area (TPSA) is 85.8 Å². The lowest BCUT2D eigenvalue weighted by Gasteiger charge is -2.06. The highest BCUT2D eigenvalue weighted by atomic mass is 16.1. The summed E-state index contributed by atoms with van der Waals surface area (Å²) in [5.41, 5.74) is 8.22. The van der Waals surface area contributed by atoms with Gasteiger partial charge in [-0.3, -0.25) is 9.78 Å². The van der Waals surface area contributed by atoms with Crippen molar-refractivity contribution in [3.63, 3.8) is 0 Å². The van der Waals surface area contributed by atoms with Gasteiger partial charge in [0.25, 0.3) is 5.91 Å². The zero-order valence-electron chi connectivity index (χ0n) is 11.1. The standard InChI is InChI=1S/C13H17N5O/c1-9-3-4-11(10(2)16-9)17-13(19)12-7-18(6-5-14)8-15-12/h3-4,7-8H,5-6,14H2,1-2H3,(H,17,19). The Labute approximate surface area is 111 Å². The number of hydrogen-bond acceptors (Lipinski definition) is 4. The van der Waals surface area contributed by atoms with Crippen molar-refractivity contribution in [3.8, 4) is 0 Å². The molecule has 3 N–H and O–H groups in total. The highest BCUT2D eigenvalue weighted by Crippen LogP contribution is 2.13. The van der Waals surface area contributed by atoms with Crippen molar-refractivity contribution < 1.29 is 4.79 Å². The third kappa shape index (κ3) is 3.17. The van der Waals surface area contributed by atoms with Crippen LogP contribution in [0.2, 0.25) is 0 Å². The summed E-state index contributed by atoms with van der Waals surface area (Å²) in [6, 6.07) is 3.70. The summed E-state index contributed by atoms with van der Waals surface area (Å²) in [5, 5.41) is 2.80. The maximum absolute atomic E-state index is 12.0. The number of aromatic nitrogens is 3. The molecule has 2 heterocycles. The van der Waals surface area contributed by atoms with E-state index in [4.69, 9.17) is 5.73 Å². The summed E-state index contributed by atoms with van der Waals surface area (Å²) in [7, 11) is 0. The molecule has 0 bridgehead atoms. The molecule has 19 heavy (non-hydrogen) atoms. The van der Waals surface area contributed by atoms with Gasteiger partial charge < -0.3 is 15.6 Å². The lowest BCUT2D eigenvalue weighted by Crippen LogP contribution is -2.14. The number of nitrogens with two attached hydrogens (primary N) is 1. The number of carbonyl (C=O) groups is 1.